The highest BCUT2D eigenvalue weighted by Crippen LogP contribution is 2.20. The third-order valence-corrected chi connectivity index (χ3v) is 6.34. The van der Waals surface area contributed by atoms with Crippen molar-refractivity contribution in [2.45, 2.75) is 26.4 Å². The van der Waals surface area contributed by atoms with Crippen LogP contribution in [0.4, 0.5) is 0 Å². The van der Waals surface area contributed by atoms with Crippen LogP contribution in [-0.4, -0.2) is 50.6 Å². The maximum absolute atomic E-state index is 12.6. The lowest BCUT2D eigenvalue weighted by molar-refractivity contribution is -0.123. The zero-order chi connectivity index (χ0) is 25.0. The van der Waals surface area contributed by atoms with Gasteiger partial charge in [-0.25, -0.2) is 13.2 Å². The molecule has 33 heavy (non-hydrogen) atoms. The third kappa shape index (κ3) is 8.70. The van der Waals surface area contributed by atoms with E-state index in [1.807, 2.05) is 30.3 Å². The zero-order valence-corrected chi connectivity index (χ0v) is 20.2. The highest BCUT2D eigenvalue weighted by atomic mass is 32.2. The molecule has 0 aromatic heterocycles. The monoisotopic (exact) mass is 476 g/mol. The molecule has 0 saturated heterocycles. The Hall–Kier alpha value is -3.17. The van der Waals surface area contributed by atoms with Crippen LogP contribution in [0.5, 0.6) is 5.75 Å². The van der Waals surface area contributed by atoms with Gasteiger partial charge in [0.15, 0.2) is 0 Å². The normalized spacial score (nSPS) is 11.8. The summed E-state index contributed by atoms with van der Waals surface area (Å²) in [5, 5.41) is 0. The molecule has 2 aromatic carbocycles. The molecule has 0 saturated carbocycles. The van der Waals surface area contributed by atoms with Crippen molar-refractivity contribution in [2.24, 2.45) is 11.7 Å². The van der Waals surface area contributed by atoms with E-state index in [9.17, 15) is 18.0 Å². The van der Waals surface area contributed by atoms with Gasteiger partial charge in [0.05, 0.1) is 25.5 Å². The minimum Gasteiger partial charge on any atom is -0.497 e. The number of methoxy groups -OCH3 is 2. The highest BCUT2D eigenvalue weighted by molar-refractivity contribution is 7.89. The van der Waals surface area contributed by atoms with Gasteiger partial charge in [-0.1, -0.05) is 50.3 Å². The molecular formula is C24H32N2O6S. The maximum Gasteiger partial charge on any atom is 0.337 e. The standard InChI is InChI=1S/C17H24N2O5S.C7H8O/c1-5-10-25(22,23)19(15(12(2)3)16(18)20)11-13-6-8-14(9-7-13)17(21)24-4;1-8-7-5-3-2-4-6-7/h5-9,12,15H,1,10-11H2,2-4H3,(H2,18,20);2-6H,1H3. The van der Waals surface area contributed by atoms with Gasteiger partial charge in [0.25, 0.3) is 0 Å². The van der Waals surface area contributed by atoms with Gasteiger partial charge in [-0.3, -0.25) is 4.79 Å². The van der Waals surface area contributed by atoms with E-state index in [-0.39, 0.29) is 18.2 Å². The fourth-order valence-electron chi connectivity index (χ4n) is 3.02. The summed E-state index contributed by atoms with van der Waals surface area (Å²) in [6.45, 7) is 6.87. The second-order valence-corrected chi connectivity index (χ2v) is 9.38. The summed E-state index contributed by atoms with van der Waals surface area (Å²) in [4.78, 5) is 23.3. The summed E-state index contributed by atoms with van der Waals surface area (Å²) in [5.74, 6) is -0.892. The molecule has 1 atom stereocenters. The van der Waals surface area contributed by atoms with Gasteiger partial charge in [0.1, 0.15) is 11.8 Å². The Balaban J connectivity index is 0.000000568. The second kappa shape index (κ2) is 13.4. The Morgan fingerprint density at radius 3 is 2.03 bits per heavy atom. The van der Waals surface area contributed by atoms with E-state index in [1.54, 1.807) is 33.1 Å². The van der Waals surface area contributed by atoms with Crippen LogP contribution in [0.25, 0.3) is 0 Å². The minimum atomic E-state index is -3.77. The Morgan fingerprint density at radius 2 is 1.64 bits per heavy atom. The summed E-state index contributed by atoms with van der Waals surface area (Å²) in [7, 11) is -0.828. The topological polar surface area (TPSA) is 116 Å². The van der Waals surface area contributed by atoms with E-state index in [0.29, 0.717) is 11.1 Å². The highest BCUT2D eigenvalue weighted by Gasteiger charge is 2.35. The Morgan fingerprint density at radius 1 is 1.06 bits per heavy atom. The molecule has 180 valence electrons. The van der Waals surface area contributed by atoms with Gasteiger partial charge >= 0.3 is 5.97 Å². The summed E-state index contributed by atoms with van der Waals surface area (Å²) < 4.78 is 35.8. The first-order chi connectivity index (χ1) is 15.6. The molecule has 0 heterocycles. The molecule has 0 bridgehead atoms. The van der Waals surface area contributed by atoms with Crippen LogP contribution in [0.3, 0.4) is 0 Å². The number of benzene rings is 2. The molecule has 0 aliphatic rings. The molecule has 2 rings (SSSR count). The molecule has 9 heteroatoms. The van der Waals surface area contributed by atoms with E-state index in [1.165, 1.54) is 25.3 Å². The lowest BCUT2D eigenvalue weighted by Crippen LogP contribution is -2.50. The van der Waals surface area contributed by atoms with Crippen LogP contribution in [0.2, 0.25) is 0 Å². The van der Waals surface area contributed by atoms with Crippen molar-refractivity contribution >= 4 is 21.9 Å². The molecule has 0 aliphatic heterocycles. The number of esters is 1. The maximum atomic E-state index is 12.6. The van der Waals surface area contributed by atoms with E-state index >= 15 is 0 Å². The molecule has 1 amide bonds. The number of nitrogens with zero attached hydrogens (tertiary/aromatic N) is 1. The number of amides is 1. The number of carbonyl (C=O) groups excluding carboxylic acids is 2. The first-order valence-corrected chi connectivity index (χ1v) is 11.8. The predicted molar refractivity (Wildman–Crippen MR) is 128 cm³/mol. The smallest absolute Gasteiger partial charge is 0.337 e. The zero-order valence-electron chi connectivity index (χ0n) is 19.4. The molecular weight excluding hydrogens is 444 g/mol. The number of nitrogens with two attached hydrogens (primary N) is 1. The molecule has 0 fully saturated rings. The van der Waals surface area contributed by atoms with E-state index in [0.717, 1.165) is 10.1 Å². The van der Waals surface area contributed by atoms with Crippen molar-refractivity contribution in [3.05, 3.63) is 78.4 Å². The van der Waals surface area contributed by atoms with Crippen molar-refractivity contribution in [3.63, 3.8) is 0 Å². The van der Waals surface area contributed by atoms with Crippen molar-refractivity contribution in [1.82, 2.24) is 4.31 Å². The molecule has 0 radical (unpaired) electrons. The lowest BCUT2D eigenvalue weighted by Gasteiger charge is -2.31. The predicted octanol–water partition coefficient (Wildman–Crippen LogP) is 3.00. The van der Waals surface area contributed by atoms with Crippen molar-refractivity contribution in [2.75, 3.05) is 20.0 Å². The Kier molecular flexibility index (Phi) is 11.3. The van der Waals surface area contributed by atoms with Gasteiger partial charge in [-0.05, 0) is 35.7 Å². The van der Waals surface area contributed by atoms with Crippen molar-refractivity contribution in [1.29, 1.82) is 0 Å². The fraction of sp³-hybridized carbons (Fsp3) is 0.333. The second-order valence-electron chi connectivity index (χ2n) is 7.41. The molecule has 1 unspecified atom stereocenters. The molecule has 2 aromatic rings. The SMILES string of the molecule is C=CCS(=O)(=O)N(Cc1ccc(C(=O)OC)cc1)C(C(N)=O)C(C)C.COc1ccccc1. The van der Waals surface area contributed by atoms with Crippen molar-refractivity contribution < 1.29 is 27.5 Å². The lowest BCUT2D eigenvalue weighted by atomic mass is 10.0. The summed E-state index contributed by atoms with van der Waals surface area (Å²) >= 11 is 0. The van der Waals surface area contributed by atoms with Crippen LogP contribution >= 0.6 is 0 Å². The number of rotatable bonds is 10. The third-order valence-electron chi connectivity index (χ3n) is 4.61. The van der Waals surface area contributed by atoms with Crippen LogP contribution in [0.15, 0.2) is 67.3 Å². The summed E-state index contributed by atoms with van der Waals surface area (Å²) in [6, 6.07) is 15.0. The van der Waals surface area contributed by atoms with Gasteiger partial charge in [0, 0.05) is 6.54 Å². The average Bonchev–Trinajstić information content (AvgIpc) is 2.79. The van der Waals surface area contributed by atoms with Crippen molar-refractivity contribution in [3.8, 4) is 5.75 Å². The molecule has 0 spiro atoms. The number of carbonyl (C=O) groups is 2. The largest absolute Gasteiger partial charge is 0.497 e. The molecule has 2 N–H and O–H groups in total. The van der Waals surface area contributed by atoms with Crippen LogP contribution < -0.4 is 10.5 Å². The minimum absolute atomic E-state index is 0.0383. The fourth-order valence-corrected chi connectivity index (χ4v) is 4.55. The van der Waals surface area contributed by atoms with Crippen LogP contribution in [0, 0.1) is 5.92 Å². The molecule has 0 aliphatic carbocycles. The number of ether oxygens (including phenoxy) is 2. The summed E-state index contributed by atoms with van der Waals surface area (Å²) in [6.07, 6.45) is 1.26. The number of hydrogen-bond acceptors (Lipinski definition) is 6. The van der Waals surface area contributed by atoms with Crippen LogP contribution in [0.1, 0.15) is 29.8 Å². The Bertz CT molecular complexity index is 1010. The number of primary amides is 1. The van der Waals surface area contributed by atoms with E-state index in [4.69, 9.17) is 10.5 Å². The average molecular weight is 477 g/mol. The van der Waals surface area contributed by atoms with Gasteiger partial charge < -0.3 is 15.2 Å². The number of sulfonamides is 1. The first-order valence-electron chi connectivity index (χ1n) is 10.2. The van der Waals surface area contributed by atoms with Gasteiger partial charge in [-0.15, -0.1) is 6.58 Å². The number of para-hydroxylation sites is 1. The quantitative estimate of drug-likeness (QED) is 0.416. The van der Waals surface area contributed by atoms with E-state index in [2.05, 4.69) is 11.3 Å². The van der Waals surface area contributed by atoms with Gasteiger partial charge in [0.2, 0.25) is 15.9 Å². The van der Waals surface area contributed by atoms with E-state index < -0.39 is 27.9 Å². The van der Waals surface area contributed by atoms with Crippen LogP contribution in [-0.2, 0) is 26.1 Å². The Labute approximate surface area is 196 Å². The summed E-state index contributed by atoms with van der Waals surface area (Å²) in [5.41, 5.74) is 6.40. The number of hydrogen-bond donors (Lipinski definition) is 1. The first kappa shape index (κ1) is 27.9. The molecule has 8 nitrogen and oxygen atoms in total. The van der Waals surface area contributed by atoms with Gasteiger partial charge in [-0.2, -0.15) is 4.31 Å².